The Labute approximate surface area is 164 Å². The number of carbonyl (C=O) groups excluding carboxylic acids is 1. The van der Waals surface area contributed by atoms with E-state index in [2.05, 4.69) is 6.07 Å². The van der Waals surface area contributed by atoms with Crippen molar-refractivity contribution in [3.05, 3.63) is 76.7 Å². The van der Waals surface area contributed by atoms with Gasteiger partial charge in [-0.3, -0.25) is 9.80 Å². The largest absolute Gasteiger partial charge is 0.497 e. The molecule has 0 spiro atoms. The van der Waals surface area contributed by atoms with Gasteiger partial charge in [0, 0.05) is 23.3 Å². The third-order valence-corrected chi connectivity index (χ3v) is 5.51. The summed E-state index contributed by atoms with van der Waals surface area (Å²) in [5.41, 5.74) is 5.14. The van der Waals surface area contributed by atoms with Crippen LogP contribution in [0, 0.1) is 11.7 Å². The summed E-state index contributed by atoms with van der Waals surface area (Å²) < 4.78 is 18.9. The zero-order valence-electron chi connectivity index (χ0n) is 16.3. The molecular formula is C23H23FN2O2. The lowest BCUT2D eigenvalue weighted by molar-refractivity contribution is -0.112. The highest BCUT2D eigenvalue weighted by atomic mass is 19.1. The number of allylic oxidation sites excluding steroid dienone is 2. The van der Waals surface area contributed by atoms with Gasteiger partial charge >= 0.3 is 0 Å². The molecule has 0 fully saturated rings. The van der Waals surface area contributed by atoms with Gasteiger partial charge in [0.15, 0.2) is 5.78 Å². The molecule has 144 valence electrons. The fraction of sp³-hybridized carbons (Fsp3) is 0.304. The number of ether oxygens (including phenoxy) is 1. The molecule has 0 amide bonds. The maximum atomic E-state index is 13.5. The number of aryl methyl sites for hydroxylation is 1. The van der Waals surface area contributed by atoms with Crippen molar-refractivity contribution >= 4 is 11.5 Å². The molecule has 1 heterocycles. The number of halogens is 1. The van der Waals surface area contributed by atoms with Crippen molar-refractivity contribution in [3.63, 3.8) is 0 Å². The number of methoxy groups -OCH3 is 1. The highest BCUT2D eigenvalue weighted by Gasteiger charge is 2.42. The molecule has 0 aromatic heterocycles. The number of hydrogen-bond acceptors (Lipinski definition) is 4. The molecular weight excluding hydrogens is 355 g/mol. The number of nitrogens with zero attached hydrogens (tertiary/aromatic N) is 2. The smallest absolute Gasteiger partial charge is 0.154 e. The Kier molecular flexibility index (Phi) is 4.75. The molecule has 0 saturated heterocycles. The zero-order valence-corrected chi connectivity index (χ0v) is 16.3. The molecule has 0 radical (unpaired) electrons. The Bertz CT molecular complexity index is 979. The van der Waals surface area contributed by atoms with Gasteiger partial charge in [0.1, 0.15) is 11.6 Å². The van der Waals surface area contributed by atoms with E-state index in [1.54, 1.807) is 13.2 Å². The van der Waals surface area contributed by atoms with Crippen LogP contribution >= 0.6 is 0 Å². The number of carbonyl (C=O) groups is 1. The Balaban J connectivity index is 1.83. The van der Waals surface area contributed by atoms with Gasteiger partial charge in [0.2, 0.25) is 0 Å². The highest BCUT2D eigenvalue weighted by Crippen LogP contribution is 2.45. The molecule has 4 rings (SSSR count). The summed E-state index contributed by atoms with van der Waals surface area (Å²) in [6.07, 6.45) is 3.50. The molecule has 2 aromatic rings. The van der Waals surface area contributed by atoms with Gasteiger partial charge in [-0.25, -0.2) is 4.39 Å². The number of hydrazone groups is 1. The van der Waals surface area contributed by atoms with Gasteiger partial charge in [0.25, 0.3) is 0 Å². The van der Waals surface area contributed by atoms with Crippen LogP contribution in [0.25, 0.3) is 0 Å². The van der Waals surface area contributed by atoms with Crippen molar-refractivity contribution in [2.75, 3.05) is 7.11 Å². The van der Waals surface area contributed by atoms with Gasteiger partial charge in [-0.2, -0.15) is 5.10 Å². The number of benzene rings is 2. The molecule has 1 aliphatic carbocycles. The molecule has 2 atom stereocenters. The molecule has 2 aromatic carbocycles. The van der Waals surface area contributed by atoms with Crippen LogP contribution in [0.2, 0.25) is 0 Å². The lowest BCUT2D eigenvalue weighted by atomic mass is 9.77. The average Bonchev–Trinajstić information content (AvgIpc) is 3.08. The normalized spacial score (nSPS) is 21.1. The van der Waals surface area contributed by atoms with E-state index in [-0.39, 0.29) is 23.6 Å². The zero-order chi connectivity index (χ0) is 19.8. The summed E-state index contributed by atoms with van der Waals surface area (Å²) in [6, 6.07) is 12.6. The lowest BCUT2D eigenvalue weighted by Crippen LogP contribution is -2.28. The van der Waals surface area contributed by atoms with Crippen molar-refractivity contribution < 1.29 is 13.9 Å². The lowest BCUT2D eigenvalue weighted by Gasteiger charge is -2.31. The second-order valence-electron chi connectivity index (χ2n) is 7.39. The van der Waals surface area contributed by atoms with Gasteiger partial charge < -0.3 is 4.74 Å². The molecule has 2 aliphatic rings. The molecule has 28 heavy (non-hydrogen) atoms. The first-order chi connectivity index (χ1) is 13.5. The summed E-state index contributed by atoms with van der Waals surface area (Å²) in [6.45, 7) is 3.43. The van der Waals surface area contributed by atoms with E-state index in [1.807, 2.05) is 36.2 Å². The van der Waals surface area contributed by atoms with E-state index in [0.29, 0.717) is 0 Å². The molecule has 0 unspecified atom stereocenters. The van der Waals surface area contributed by atoms with E-state index >= 15 is 0 Å². The Morgan fingerprint density at radius 2 is 1.96 bits per heavy atom. The quantitative estimate of drug-likeness (QED) is 0.727. The summed E-state index contributed by atoms with van der Waals surface area (Å²) >= 11 is 0. The topological polar surface area (TPSA) is 41.9 Å². The van der Waals surface area contributed by atoms with Crippen LogP contribution in [-0.2, 0) is 11.2 Å². The van der Waals surface area contributed by atoms with E-state index in [4.69, 9.17) is 9.84 Å². The fourth-order valence-electron chi connectivity index (χ4n) is 4.26. The maximum Gasteiger partial charge on any atom is 0.154 e. The van der Waals surface area contributed by atoms with E-state index in [1.165, 1.54) is 24.6 Å². The van der Waals surface area contributed by atoms with Crippen molar-refractivity contribution in [2.24, 2.45) is 11.0 Å². The number of fused-ring (bicyclic) bond motifs is 3. The van der Waals surface area contributed by atoms with Gasteiger partial charge in [-0.05, 0) is 62.1 Å². The third-order valence-electron chi connectivity index (χ3n) is 5.51. The van der Waals surface area contributed by atoms with Gasteiger partial charge in [-0.1, -0.05) is 18.2 Å². The fourth-order valence-corrected chi connectivity index (χ4v) is 4.26. The van der Waals surface area contributed by atoms with Crippen LogP contribution < -0.4 is 4.74 Å². The van der Waals surface area contributed by atoms with Crippen LogP contribution in [0.3, 0.4) is 0 Å². The Morgan fingerprint density at radius 3 is 2.64 bits per heavy atom. The van der Waals surface area contributed by atoms with Crippen LogP contribution in [0.4, 0.5) is 4.39 Å². The van der Waals surface area contributed by atoms with Gasteiger partial charge in [-0.15, -0.1) is 0 Å². The van der Waals surface area contributed by atoms with Crippen LogP contribution in [0.5, 0.6) is 5.75 Å². The van der Waals surface area contributed by atoms with Crippen molar-refractivity contribution in [3.8, 4) is 5.75 Å². The first-order valence-corrected chi connectivity index (χ1v) is 9.47. The van der Waals surface area contributed by atoms with Crippen molar-refractivity contribution in [2.45, 2.75) is 32.7 Å². The Hall–Kier alpha value is -2.95. The van der Waals surface area contributed by atoms with E-state index in [9.17, 15) is 9.18 Å². The number of rotatable bonds is 4. The van der Waals surface area contributed by atoms with E-state index < -0.39 is 0 Å². The minimum atomic E-state index is -0.260. The van der Waals surface area contributed by atoms with E-state index in [0.717, 1.165) is 41.1 Å². The highest BCUT2D eigenvalue weighted by molar-refractivity contribution is 6.06. The maximum absolute atomic E-state index is 13.5. The second kappa shape index (κ2) is 7.23. The average molecular weight is 378 g/mol. The molecule has 4 nitrogen and oxygen atoms in total. The summed E-state index contributed by atoms with van der Waals surface area (Å²) in [7, 11) is 1.66. The molecule has 5 heteroatoms. The predicted molar refractivity (Wildman–Crippen MR) is 107 cm³/mol. The first-order valence-electron chi connectivity index (χ1n) is 9.47. The van der Waals surface area contributed by atoms with Crippen molar-refractivity contribution in [1.29, 1.82) is 0 Å². The molecule has 1 aliphatic heterocycles. The first kappa shape index (κ1) is 18.4. The molecule has 0 bridgehead atoms. The predicted octanol–water partition coefficient (Wildman–Crippen LogP) is 4.65. The van der Waals surface area contributed by atoms with Crippen LogP contribution in [0.15, 0.2) is 59.3 Å². The molecule has 0 saturated carbocycles. The minimum absolute atomic E-state index is 0.0208. The number of hydrogen-bond donors (Lipinski definition) is 0. The van der Waals surface area contributed by atoms with Crippen molar-refractivity contribution in [1.82, 2.24) is 5.01 Å². The number of ketones is 1. The third kappa shape index (κ3) is 3.21. The monoisotopic (exact) mass is 378 g/mol. The summed E-state index contributed by atoms with van der Waals surface area (Å²) in [4.78, 5) is 11.7. The van der Waals surface area contributed by atoms with Crippen LogP contribution in [-0.4, -0.2) is 23.6 Å². The Morgan fingerprint density at radius 1 is 1.21 bits per heavy atom. The van der Waals surface area contributed by atoms with Gasteiger partial charge in [0.05, 0.1) is 18.9 Å². The molecule has 0 N–H and O–H groups in total. The summed E-state index contributed by atoms with van der Waals surface area (Å²) in [5, 5.41) is 6.86. The summed E-state index contributed by atoms with van der Waals surface area (Å²) in [5.74, 6) is 0.687. The standard InChI is InChI=1S/C23H23FN2O2/c1-14(12-15(2)27)26-23(17-4-8-18(24)9-5-17)20-11-7-16-6-10-19(28-3)13-21(16)22(20)25-26/h4-6,8-10,12-13,20,23H,7,11H2,1-3H3/b14-12+/t20-,23+/m0/s1. The minimum Gasteiger partial charge on any atom is -0.497 e. The van der Waals surface area contributed by atoms with Crippen LogP contribution in [0.1, 0.15) is 43.0 Å². The SMILES string of the molecule is COc1ccc2c(c1)C1=NN(/C(C)=C/C(C)=O)[C@H](c3ccc(F)cc3)[C@H]1CC2. The second-order valence-corrected chi connectivity index (χ2v) is 7.39.